The number of benzene rings is 1. The molecule has 0 bridgehead atoms. The van der Waals surface area contributed by atoms with Gasteiger partial charge in [0, 0.05) is 11.5 Å². The van der Waals surface area contributed by atoms with Crippen LogP contribution in [0, 0.1) is 5.82 Å². The SMILES string of the molecule is CCC(NCCCN=[N+]=[N-])(C(N)=O)c1cccc(F)c1. The largest absolute Gasteiger partial charge is 0.368 e. The Balaban J connectivity index is 2.92. The van der Waals surface area contributed by atoms with Crippen LogP contribution in [0.5, 0.6) is 0 Å². The van der Waals surface area contributed by atoms with Crippen LogP contribution in [0.4, 0.5) is 4.39 Å². The first-order valence-electron chi connectivity index (χ1n) is 6.38. The molecule has 0 fully saturated rings. The van der Waals surface area contributed by atoms with E-state index < -0.39 is 17.3 Å². The number of halogens is 1. The van der Waals surface area contributed by atoms with Crippen LogP contribution >= 0.6 is 0 Å². The normalized spacial score (nSPS) is 13.3. The number of amides is 1. The zero-order valence-corrected chi connectivity index (χ0v) is 11.3. The zero-order valence-electron chi connectivity index (χ0n) is 11.3. The molecular weight excluding hydrogens is 261 g/mol. The fraction of sp³-hybridized carbons (Fsp3) is 0.462. The lowest BCUT2D eigenvalue weighted by molar-refractivity contribution is -0.125. The molecule has 6 nitrogen and oxygen atoms in total. The molecule has 3 N–H and O–H groups in total. The maximum atomic E-state index is 13.4. The summed E-state index contributed by atoms with van der Waals surface area (Å²) in [5.74, 6) is -0.980. The number of nitrogens with two attached hydrogens (primary N) is 1. The Hall–Kier alpha value is -2.11. The lowest BCUT2D eigenvalue weighted by Gasteiger charge is -2.31. The Bertz CT molecular complexity index is 515. The predicted octanol–water partition coefficient (Wildman–Crippen LogP) is 2.21. The minimum Gasteiger partial charge on any atom is -0.368 e. The minimum atomic E-state index is -1.11. The highest BCUT2D eigenvalue weighted by Crippen LogP contribution is 2.25. The minimum absolute atomic E-state index is 0.325. The van der Waals surface area contributed by atoms with E-state index >= 15 is 0 Å². The second kappa shape index (κ2) is 7.47. The number of primary amides is 1. The van der Waals surface area contributed by atoms with Gasteiger partial charge in [-0.15, -0.1) is 0 Å². The van der Waals surface area contributed by atoms with Crippen LogP contribution in [0.3, 0.4) is 0 Å². The molecule has 0 spiro atoms. The summed E-state index contributed by atoms with van der Waals surface area (Å²) >= 11 is 0. The molecule has 1 amide bonds. The third-order valence-corrected chi connectivity index (χ3v) is 3.19. The van der Waals surface area contributed by atoms with Gasteiger partial charge in [-0.3, -0.25) is 10.1 Å². The van der Waals surface area contributed by atoms with Crippen LogP contribution in [-0.4, -0.2) is 19.0 Å². The molecule has 1 atom stereocenters. The van der Waals surface area contributed by atoms with E-state index in [9.17, 15) is 9.18 Å². The molecule has 1 rings (SSSR count). The molecule has 20 heavy (non-hydrogen) atoms. The number of hydrogen-bond acceptors (Lipinski definition) is 3. The second-order valence-electron chi connectivity index (χ2n) is 4.37. The fourth-order valence-corrected chi connectivity index (χ4v) is 2.09. The monoisotopic (exact) mass is 279 g/mol. The van der Waals surface area contributed by atoms with Crippen molar-refractivity contribution in [1.82, 2.24) is 5.32 Å². The molecule has 0 radical (unpaired) electrons. The fourth-order valence-electron chi connectivity index (χ4n) is 2.09. The summed E-state index contributed by atoms with van der Waals surface area (Å²) in [5, 5.41) is 6.47. The summed E-state index contributed by atoms with van der Waals surface area (Å²) in [5.41, 5.74) is 13.1. The molecule has 0 aliphatic rings. The van der Waals surface area contributed by atoms with Crippen molar-refractivity contribution in [3.8, 4) is 0 Å². The van der Waals surface area contributed by atoms with Crippen molar-refractivity contribution in [2.45, 2.75) is 25.3 Å². The van der Waals surface area contributed by atoms with Gasteiger partial charge in [-0.25, -0.2) is 4.39 Å². The quantitative estimate of drug-likeness (QED) is 0.329. The van der Waals surface area contributed by atoms with E-state index in [4.69, 9.17) is 11.3 Å². The Kier molecular flexibility index (Phi) is 5.96. The van der Waals surface area contributed by atoms with Gasteiger partial charge >= 0.3 is 0 Å². The number of carbonyl (C=O) groups is 1. The van der Waals surface area contributed by atoms with E-state index in [-0.39, 0.29) is 0 Å². The van der Waals surface area contributed by atoms with E-state index in [2.05, 4.69) is 15.3 Å². The van der Waals surface area contributed by atoms with Crippen molar-refractivity contribution in [1.29, 1.82) is 0 Å². The van der Waals surface area contributed by atoms with Crippen LogP contribution in [-0.2, 0) is 10.3 Å². The maximum Gasteiger partial charge on any atom is 0.242 e. The molecule has 1 unspecified atom stereocenters. The Morgan fingerprint density at radius 2 is 2.35 bits per heavy atom. The average molecular weight is 279 g/mol. The number of rotatable bonds is 8. The van der Waals surface area contributed by atoms with Crippen molar-refractivity contribution >= 4 is 5.91 Å². The molecule has 0 saturated carbocycles. The Morgan fingerprint density at radius 1 is 1.60 bits per heavy atom. The topological polar surface area (TPSA) is 104 Å². The standard InChI is InChI=1S/C13H18FN5O/c1-2-13(12(15)20,17-7-4-8-18-19-16)10-5-3-6-11(14)9-10/h3,5-6,9,17H,2,4,7-8H2,1H3,(H2,15,20). The summed E-state index contributed by atoms with van der Waals surface area (Å²) in [7, 11) is 0. The van der Waals surface area contributed by atoms with Crippen LogP contribution < -0.4 is 11.1 Å². The van der Waals surface area contributed by atoms with Crippen LogP contribution in [0.1, 0.15) is 25.3 Å². The van der Waals surface area contributed by atoms with Gasteiger partial charge in [0.15, 0.2) is 0 Å². The number of carbonyl (C=O) groups excluding carboxylic acids is 1. The molecule has 1 aromatic carbocycles. The second-order valence-corrected chi connectivity index (χ2v) is 4.37. The highest BCUT2D eigenvalue weighted by Gasteiger charge is 2.36. The average Bonchev–Trinajstić information content (AvgIpc) is 2.43. The van der Waals surface area contributed by atoms with Gasteiger partial charge in [-0.1, -0.05) is 24.2 Å². The predicted molar refractivity (Wildman–Crippen MR) is 74.2 cm³/mol. The first-order valence-corrected chi connectivity index (χ1v) is 6.38. The van der Waals surface area contributed by atoms with E-state index in [1.807, 2.05) is 0 Å². The van der Waals surface area contributed by atoms with E-state index in [1.165, 1.54) is 12.1 Å². The number of azide groups is 1. The molecular formula is C13H18FN5O. The van der Waals surface area contributed by atoms with Crippen LogP contribution in [0.25, 0.3) is 10.4 Å². The van der Waals surface area contributed by atoms with Crippen LogP contribution in [0.15, 0.2) is 29.4 Å². The van der Waals surface area contributed by atoms with Crippen molar-refractivity contribution in [2.75, 3.05) is 13.1 Å². The number of hydrogen-bond donors (Lipinski definition) is 2. The first-order chi connectivity index (χ1) is 9.56. The van der Waals surface area contributed by atoms with E-state index in [1.54, 1.807) is 19.1 Å². The van der Waals surface area contributed by atoms with Crippen molar-refractivity contribution < 1.29 is 9.18 Å². The first kappa shape index (κ1) is 15.9. The third-order valence-electron chi connectivity index (χ3n) is 3.19. The smallest absolute Gasteiger partial charge is 0.242 e. The van der Waals surface area contributed by atoms with E-state index in [0.717, 1.165) is 0 Å². The number of nitrogens with zero attached hydrogens (tertiary/aromatic N) is 3. The Labute approximate surface area is 116 Å². The molecule has 7 heteroatoms. The molecule has 0 aliphatic carbocycles. The molecule has 1 aromatic rings. The zero-order chi connectivity index (χ0) is 15.0. The van der Waals surface area contributed by atoms with Gasteiger partial charge < -0.3 is 5.73 Å². The van der Waals surface area contributed by atoms with Crippen molar-refractivity contribution in [3.63, 3.8) is 0 Å². The van der Waals surface area contributed by atoms with Gasteiger partial charge in [0.25, 0.3) is 0 Å². The van der Waals surface area contributed by atoms with Gasteiger partial charge in [-0.2, -0.15) is 0 Å². The molecule has 0 saturated heterocycles. The summed E-state index contributed by atoms with van der Waals surface area (Å²) in [4.78, 5) is 14.5. The van der Waals surface area contributed by atoms with E-state index in [0.29, 0.717) is 31.5 Å². The summed E-state index contributed by atoms with van der Waals surface area (Å²) in [6.45, 7) is 2.56. The van der Waals surface area contributed by atoms with Crippen molar-refractivity contribution in [3.05, 3.63) is 46.1 Å². The van der Waals surface area contributed by atoms with Gasteiger partial charge in [0.05, 0.1) is 0 Å². The lowest BCUT2D eigenvalue weighted by atomic mass is 9.86. The highest BCUT2D eigenvalue weighted by atomic mass is 19.1. The third kappa shape index (κ3) is 3.69. The Morgan fingerprint density at radius 3 is 2.90 bits per heavy atom. The number of nitrogens with one attached hydrogen (secondary N) is 1. The maximum absolute atomic E-state index is 13.4. The summed E-state index contributed by atoms with van der Waals surface area (Å²) < 4.78 is 13.4. The molecule has 108 valence electrons. The summed E-state index contributed by atoms with van der Waals surface area (Å²) in [6.07, 6.45) is 0.960. The molecule has 0 aromatic heterocycles. The van der Waals surface area contributed by atoms with Gasteiger partial charge in [0.2, 0.25) is 5.91 Å². The summed E-state index contributed by atoms with van der Waals surface area (Å²) in [6, 6.07) is 5.82. The lowest BCUT2D eigenvalue weighted by Crippen LogP contribution is -2.52. The van der Waals surface area contributed by atoms with Crippen molar-refractivity contribution in [2.24, 2.45) is 10.8 Å². The van der Waals surface area contributed by atoms with Gasteiger partial charge in [-0.05, 0) is 42.6 Å². The molecule has 0 aliphatic heterocycles. The van der Waals surface area contributed by atoms with Gasteiger partial charge in [0.1, 0.15) is 11.4 Å². The highest BCUT2D eigenvalue weighted by molar-refractivity contribution is 5.86. The molecule has 0 heterocycles. The van der Waals surface area contributed by atoms with Crippen LogP contribution in [0.2, 0.25) is 0 Å².